The number of nitro benzene ring substituents is 1. The fourth-order valence-electron chi connectivity index (χ4n) is 1.33. The number of hydrogen-bond donors (Lipinski definition) is 0. The van der Waals surface area contributed by atoms with E-state index in [2.05, 4.69) is 15.9 Å². The number of hydrogen-bond acceptors (Lipinski definition) is 3. The van der Waals surface area contributed by atoms with E-state index in [0.29, 0.717) is 10.0 Å². The molecule has 1 aromatic rings. The summed E-state index contributed by atoms with van der Waals surface area (Å²) in [5.74, 6) is -0.290. The Labute approximate surface area is 89.2 Å². The van der Waals surface area contributed by atoms with Gasteiger partial charge in [-0.25, -0.2) is 0 Å². The van der Waals surface area contributed by atoms with Gasteiger partial charge in [-0.05, 0) is 25.5 Å². The van der Waals surface area contributed by atoms with E-state index < -0.39 is 4.92 Å². The number of nitro groups is 1. The van der Waals surface area contributed by atoms with Crippen molar-refractivity contribution in [2.75, 3.05) is 0 Å². The molecule has 0 bridgehead atoms. The largest absolute Gasteiger partial charge is 0.294 e. The van der Waals surface area contributed by atoms with Crippen LogP contribution in [-0.4, -0.2) is 10.7 Å². The lowest BCUT2D eigenvalue weighted by molar-refractivity contribution is -0.385. The van der Waals surface area contributed by atoms with Crippen molar-refractivity contribution in [3.05, 3.63) is 37.8 Å². The van der Waals surface area contributed by atoms with Crippen molar-refractivity contribution >= 4 is 27.4 Å². The Bertz CT molecular complexity index is 415. The number of aryl methyl sites for hydroxylation is 1. The number of rotatable bonds is 2. The molecule has 0 amide bonds. The van der Waals surface area contributed by atoms with Crippen LogP contribution in [0.1, 0.15) is 22.8 Å². The highest BCUT2D eigenvalue weighted by Crippen LogP contribution is 2.27. The maximum Gasteiger partial charge on any atom is 0.281 e. The molecule has 0 spiro atoms. The Hall–Kier alpha value is -1.23. The van der Waals surface area contributed by atoms with E-state index in [1.54, 1.807) is 13.0 Å². The number of carbonyl (C=O) groups excluding carboxylic acids is 1. The van der Waals surface area contributed by atoms with Crippen LogP contribution in [0.4, 0.5) is 5.69 Å². The van der Waals surface area contributed by atoms with Gasteiger partial charge in [0.2, 0.25) is 0 Å². The Morgan fingerprint density at radius 1 is 1.50 bits per heavy atom. The van der Waals surface area contributed by atoms with Crippen LogP contribution < -0.4 is 0 Å². The molecule has 0 heterocycles. The number of Topliss-reactive ketones (excluding diaryl/α,β-unsaturated/α-hetero) is 1. The van der Waals surface area contributed by atoms with Crippen molar-refractivity contribution < 1.29 is 9.72 Å². The molecule has 0 aromatic heterocycles. The van der Waals surface area contributed by atoms with Gasteiger partial charge in [0.25, 0.3) is 5.69 Å². The van der Waals surface area contributed by atoms with Crippen molar-refractivity contribution in [1.82, 2.24) is 0 Å². The zero-order chi connectivity index (χ0) is 10.9. The van der Waals surface area contributed by atoms with E-state index in [0.717, 1.165) is 0 Å². The summed E-state index contributed by atoms with van der Waals surface area (Å²) in [7, 11) is 0. The van der Waals surface area contributed by atoms with E-state index >= 15 is 0 Å². The highest BCUT2D eigenvalue weighted by molar-refractivity contribution is 9.10. The summed E-state index contributed by atoms with van der Waals surface area (Å²) in [5.41, 5.74) is 0.640. The van der Waals surface area contributed by atoms with Crippen LogP contribution in [-0.2, 0) is 0 Å². The lowest BCUT2D eigenvalue weighted by Crippen LogP contribution is -2.02. The number of carbonyl (C=O) groups is 1. The molecule has 1 aromatic carbocycles. The van der Waals surface area contributed by atoms with Crippen LogP contribution in [0.2, 0.25) is 0 Å². The van der Waals surface area contributed by atoms with Crippen LogP contribution in [0.25, 0.3) is 0 Å². The molecule has 0 unspecified atom stereocenters. The van der Waals surface area contributed by atoms with Crippen molar-refractivity contribution in [2.45, 2.75) is 13.8 Å². The Kier molecular flexibility index (Phi) is 3.00. The molecule has 0 aliphatic rings. The summed E-state index contributed by atoms with van der Waals surface area (Å²) in [6.07, 6.45) is 0. The molecule has 0 saturated heterocycles. The van der Waals surface area contributed by atoms with E-state index in [1.165, 1.54) is 13.0 Å². The molecule has 0 radical (unpaired) electrons. The zero-order valence-electron chi connectivity index (χ0n) is 7.70. The number of nitrogens with zero attached hydrogens (tertiary/aromatic N) is 1. The Balaban J connectivity index is 3.52. The average molecular weight is 258 g/mol. The summed E-state index contributed by atoms with van der Waals surface area (Å²) >= 11 is 3.15. The molecule has 0 saturated carbocycles. The minimum atomic E-state index is -0.547. The van der Waals surface area contributed by atoms with Crippen molar-refractivity contribution in [1.29, 1.82) is 0 Å². The second-order valence-electron chi connectivity index (χ2n) is 2.93. The van der Waals surface area contributed by atoms with Gasteiger partial charge in [-0.2, -0.15) is 0 Å². The summed E-state index contributed by atoms with van der Waals surface area (Å²) in [4.78, 5) is 21.3. The minimum absolute atomic E-state index is 0.149. The third-order valence-corrected chi connectivity index (χ3v) is 2.29. The molecule has 1 rings (SSSR count). The highest BCUT2D eigenvalue weighted by Gasteiger charge is 2.20. The predicted molar refractivity (Wildman–Crippen MR) is 55.5 cm³/mol. The molecular formula is C9H8BrNO3. The molecule has 5 heteroatoms. The van der Waals surface area contributed by atoms with Gasteiger partial charge >= 0.3 is 0 Å². The number of halogens is 1. The lowest BCUT2D eigenvalue weighted by atomic mass is 10.0. The molecule has 0 aliphatic heterocycles. The summed E-state index contributed by atoms with van der Waals surface area (Å²) in [6, 6.07) is 3.02. The summed E-state index contributed by atoms with van der Waals surface area (Å²) in [5, 5.41) is 10.7. The first-order chi connectivity index (χ1) is 6.43. The first-order valence-electron chi connectivity index (χ1n) is 3.89. The Morgan fingerprint density at radius 2 is 2.07 bits per heavy atom. The van der Waals surface area contributed by atoms with Crippen molar-refractivity contribution in [3.63, 3.8) is 0 Å². The van der Waals surface area contributed by atoms with Gasteiger partial charge in [0.1, 0.15) is 0 Å². The van der Waals surface area contributed by atoms with E-state index in [9.17, 15) is 14.9 Å². The standard InChI is InChI=1S/C9H8BrNO3/c1-5-3-7(10)4-8(11(13)14)9(5)6(2)12/h3-4H,1-2H3. The second-order valence-corrected chi connectivity index (χ2v) is 3.85. The van der Waals surface area contributed by atoms with Crippen LogP contribution in [0, 0.1) is 17.0 Å². The quantitative estimate of drug-likeness (QED) is 0.465. The first kappa shape index (κ1) is 10.8. The van der Waals surface area contributed by atoms with Gasteiger partial charge in [-0.1, -0.05) is 15.9 Å². The van der Waals surface area contributed by atoms with Crippen molar-refractivity contribution in [3.8, 4) is 0 Å². The summed E-state index contributed by atoms with van der Waals surface area (Å²) < 4.78 is 0.603. The maximum atomic E-state index is 11.2. The van der Waals surface area contributed by atoms with Crippen LogP contribution in [0.3, 0.4) is 0 Å². The zero-order valence-corrected chi connectivity index (χ0v) is 9.29. The molecule has 0 N–H and O–H groups in total. The minimum Gasteiger partial charge on any atom is -0.294 e. The van der Waals surface area contributed by atoms with Crippen LogP contribution >= 0.6 is 15.9 Å². The first-order valence-corrected chi connectivity index (χ1v) is 4.68. The number of benzene rings is 1. The van der Waals surface area contributed by atoms with Gasteiger partial charge in [0, 0.05) is 10.5 Å². The lowest BCUT2D eigenvalue weighted by Gasteiger charge is -2.03. The molecule has 0 aliphatic carbocycles. The van der Waals surface area contributed by atoms with Gasteiger partial charge in [-0.3, -0.25) is 14.9 Å². The molecule has 74 valence electrons. The molecular weight excluding hydrogens is 250 g/mol. The van der Waals surface area contributed by atoms with E-state index in [-0.39, 0.29) is 17.0 Å². The van der Waals surface area contributed by atoms with Gasteiger partial charge in [0.05, 0.1) is 10.5 Å². The second kappa shape index (κ2) is 3.88. The average Bonchev–Trinajstić information content (AvgIpc) is 2.01. The third kappa shape index (κ3) is 1.98. The van der Waals surface area contributed by atoms with E-state index in [1.807, 2.05) is 0 Å². The number of ketones is 1. The van der Waals surface area contributed by atoms with Crippen molar-refractivity contribution in [2.24, 2.45) is 0 Å². The van der Waals surface area contributed by atoms with E-state index in [4.69, 9.17) is 0 Å². The molecule has 4 nitrogen and oxygen atoms in total. The predicted octanol–water partition coefficient (Wildman–Crippen LogP) is 2.87. The third-order valence-electron chi connectivity index (χ3n) is 1.83. The fourth-order valence-corrected chi connectivity index (χ4v) is 1.89. The smallest absolute Gasteiger partial charge is 0.281 e. The fraction of sp³-hybridized carbons (Fsp3) is 0.222. The van der Waals surface area contributed by atoms with Gasteiger partial charge in [-0.15, -0.1) is 0 Å². The van der Waals surface area contributed by atoms with Gasteiger partial charge in [0.15, 0.2) is 5.78 Å². The topological polar surface area (TPSA) is 60.2 Å². The van der Waals surface area contributed by atoms with Crippen LogP contribution in [0.15, 0.2) is 16.6 Å². The molecule has 14 heavy (non-hydrogen) atoms. The Morgan fingerprint density at radius 3 is 2.50 bits per heavy atom. The molecule has 0 atom stereocenters. The normalized spacial score (nSPS) is 9.93. The molecule has 0 fully saturated rings. The highest BCUT2D eigenvalue weighted by atomic mass is 79.9. The monoisotopic (exact) mass is 257 g/mol. The maximum absolute atomic E-state index is 11.2. The van der Waals surface area contributed by atoms with Gasteiger partial charge < -0.3 is 0 Å². The summed E-state index contributed by atoms with van der Waals surface area (Å²) in [6.45, 7) is 3.00. The SMILES string of the molecule is CC(=O)c1c(C)cc(Br)cc1[N+](=O)[O-]. The van der Waals surface area contributed by atoms with Crippen LogP contribution in [0.5, 0.6) is 0 Å².